The average Bonchev–Trinajstić information content (AvgIpc) is 3.31. The van der Waals surface area contributed by atoms with Crippen LogP contribution < -0.4 is 29.1 Å². The summed E-state index contributed by atoms with van der Waals surface area (Å²) in [5.74, 6) is 1.31. The Balaban J connectivity index is 1.55. The standard InChI is InChI=1S/C34H33ClN2O6S/c1-5-40-25-15-13-23(14-16-25)31-30(33(39)42-7-3)21(4)36-34-37(31)32(38)29(44-34)19-22-12-17-27(28(18-22)41-6-2)43-20-24-10-8-9-11-26(24)35/h8-19,31H,5-7,20H2,1-4H3/t31-/m1/s1. The Labute approximate surface area is 264 Å². The maximum Gasteiger partial charge on any atom is 0.338 e. The largest absolute Gasteiger partial charge is 0.494 e. The molecule has 0 amide bonds. The molecule has 0 bridgehead atoms. The van der Waals surface area contributed by atoms with E-state index in [0.29, 0.717) is 56.1 Å². The first-order valence-electron chi connectivity index (χ1n) is 14.4. The highest BCUT2D eigenvalue weighted by atomic mass is 35.5. The van der Waals surface area contributed by atoms with Gasteiger partial charge in [0.25, 0.3) is 5.56 Å². The lowest BCUT2D eigenvalue weighted by Gasteiger charge is -2.24. The number of aromatic nitrogens is 1. The highest BCUT2D eigenvalue weighted by molar-refractivity contribution is 7.07. The molecule has 1 aromatic heterocycles. The molecule has 5 rings (SSSR count). The molecule has 0 unspecified atom stereocenters. The zero-order chi connectivity index (χ0) is 31.2. The molecule has 44 heavy (non-hydrogen) atoms. The van der Waals surface area contributed by atoms with Gasteiger partial charge in [-0.15, -0.1) is 0 Å². The van der Waals surface area contributed by atoms with Gasteiger partial charge in [0.15, 0.2) is 16.3 Å². The number of carbonyl (C=O) groups excluding carboxylic acids is 1. The maximum absolute atomic E-state index is 14.0. The van der Waals surface area contributed by atoms with Crippen LogP contribution >= 0.6 is 22.9 Å². The van der Waals surface area contributed by atoms with Gasteiger partial charge in [-0.25, -0.2) is 9.79 Å². The van der Waals surface area contributed by atoms with Gasteiger partial charge >= 0.3 is 5.97 Å². The Morgan fingerprint density at radius 1 is 0.955 bits per heavy atom. The molecule has 10 heteroatoms. The van der Waals surface area contributed by atoms with Crippen molar-refractivity contribution in [3.05, 3.63) is 119 Å². The summed E-state index contributed by atoms with van der Waals surface area (Å²) in [6, 6.07) is 19.7. The van der Waals surface area contributed by atoms with Crippen LogP contribution in [0.15, 0.2) is 87.8 Å². The van der Waals surface area contributed by atoms with E-state index < -0.39 is 12.0 Å². The maximum atomic E-state index is 14.0. The monoisotopic (exact) mass is 632 g/mol. The van der Waals surface area contributed by atoms with Crippen molar-refractivity contribution in [2.24, 2.45) is 4.99 Å². The van der Waals surface area contributed by atoms with E-state index in [2.05, 4.69) is 4.99 Å². The second kappa shape index (κ2) is 14.0. The summed E-state index contributed by atoms with van der Waals surface area (Å²) in [7, 11) is 0. The lowest BCUT2D eigenvalue weighted by molar-refractivity contribution is -0.139. The van der Waals surface area contributed by atoms with E-state index in [1.54, 1.807) is 24.5 Å². The zero-order valence-electron chi connectivity index (χ0n) is 25.0. The van der Waals surface area contributed by atoms with Crippen molar-refractivity contribution in [3.63, 3.8) is 0 Å². The molecule has 1 aliphatic rings. The summed E-state index contributed by atoms with van der Waals surface area (Å²) in [5.41, 5.74) is 2.93. The van der Waals surface area contributed by atoms with Crippen molar-refractivity contribution >= 4 is 35.0 Å². The van der Waals surface area contributed by atoms with Crippen LogP contribution in [-0.4, -0.2) is 30.4 Å². The van der Waals surface area contributed by atoms with Gasteiger partial charge in [-0.1, -0.05) is 59.3 Å². The van der Waals surface area contributed by atoms with Crippen LogP contribution in [0.4, 0.5) is 0 Å². The minimum absolute atomic E-state index is 0.205. The average molecular weight is 633 g/mol. The van der Waals surface area contributed by atoms with Crippen LogP contribution in [0, 0.1) is 0 Å². The fraction of sp³-hybridized carbons (Fsp3) is 0.265. The predicted molar refractivity (Wildman–Crippen MR) is 171 cm³/mol. The van der Waals surface area contributed by atoms with Crippen LogP contribution in [0.25, 0.3) is 6.08 Å². The Morgan fingerprint density at radius 3 is 2.41 bits per heavy atom. The number of halogens is 1. The van der Waals surface area contributed by atoms with Crippen molar-refractivity contribution in [1.82, 2.24) is 4.57 Å². The molecule has 4 aromatic rings. The van der Waals surface area contributed by atoms with Crippen molar-refractivity contribution in [1.29, 1.82) is 0 Å². The van der Waals surface area contributed by atoms with Crippen LogP contribution in [0.3, 0.4) is 0 Å². The second-order valence-corrected chi connectivity index (χ2v) is 11.2. The van der Waals surface area contributed by atoms with E-state index >= 15 is 0 Å². The van der Waals surface area contributed by atoms with E-state index in [-0.39, 0.29) is 18.8 Å². The van der Waals surface area contributed by atoms with Gasteiger partial charge in [-0.2, -0.15) is 0 Å². The first-order valence-corrected chi connectivity index (χ1v) is 15.6. The highest BCUT2D eigenvalue weighted by Crippen LogP contribution is 2.32. The van der Waals surface area contributed by atoms with Crippen LogP contribution in [0.1, 0.15) is 50.4 Å². The molecule has 8 nitrogen and oxygen atoms in total. The number of hydrogen-bond donors (Lipinski definition) is 0. The first kappa shape index (κ1) is 31.1. The molecule has 3 aromatic carbocycles. The fourth-order valence-corrected chi connectivity index (χ4v) is 6.18. The Bertz CT molecular complexity index is 1880. The van der Waals surface area contributed by atoms with Gasteiger partial charge in [0.1, 0.15) is 12.4 Å². The predicted octanol–water partition coefficient (Wildman–Crippen LogP) is 5.83. The van der Waals surface area contributed by atoms with Gasteiger partial charge in [-0.05, 0) is 75.2 Å². The van der Waals surface area contributed by atoms with Crippen molar-refractivity contribution in [2.45, 2.75) is 40.3 Å². The Morgan fingerprint density at radius 2 is 1.70 bits per heavy atom. The molecule has 0 N–H and O–H groups in total. The van der Waals surface area contributed by atoms with Crippen LogP contribution in [-0.2, 0) is 16.1 Å². The number of nitrogens with zero attached hydrogens (tertiary/aromatic N) is 2. The molecular formula is C34H33ClN2O6S. The number of esters is 1. The number of ether oxygens (including phenoxy) is 4. The number of carbonyl (C=O) groups is 1. The summed E-state index contributed by atoms with van der Waals surface area (Å²) in [6.45, 7) is 8.77. The second-order valence-electron chi connectivity index (χ2n) is 9.82. The van der Waals surface area contributed by atoms with Crippen molar-refractivity contribution in [2.75, 3.05) is 19.8 Å². The summed E-state index contributed by atoms with van der Waals surface area (Å²) in [6.07, 6.45) is 1.79. The lowest BCUT2D eigenvalue weighted by Crippen LogP contribution is -2.39. The molecular weight excluding hydrogens is 600 g/mol. The molecule has 0 aliphatic carbocycles. The van der Waals surface area contributed by atoms with Gasteiger partial charge in [0.2, 0.25) is 0 Å². The Hall–Kier alpha value is -4.34. The number of hydrogen-bond acceptors (Lipinski definition) is 8. The third kappa shape index (κ3) is 6.59. The van der Waals surface area contributed by atoms with Crippen LogP contribution in [0.5, 0.6) is 17.2 Å². The lowest BCUT2D eigenvalue weighted by atomic mass is 9.96. The number of fused-ring (bicyclic) bond motifs is 1. The molecule has 2 heterocycles. The number of rotatable bonds is 11. The topological polar surface area (TPSA) is 88.4 Å². The van der Waals surface area contributed by atoms with Crippen LogP contribution in [0.2, 0.25) is 5.02 Å². The Kier molecular flexibility index (Phi) is 9.87. The molecule has 0 saturated carbocycles. The number of benzene rings is 3. The highest BCUT2D eigenvalue weighted by Gasteiger charge is 2.33. The molecule has 0 fully saturated rings. The fourth-order valence-electron chi connectivity index (χ4n) is 4.94. The van der Waals surface area contributed by atoms with E-state index in [1.165, 1.54) is 11.3 Å². The SMILES string of the molecule is CCOC(=O)C1=C(C)N=c2sc(=Cc3ccc(OCc4ccccc4Cl)c(OCC)c3)c(=O)n2[C@@H]1c1ccc(OCC)cc1. The van der Waals surface area contributed by atoms with E-state index in [4.69, 9.17) is 30.5 Å². The summed E-state index contributed by atoms with van der Waals surface area (Å²) >= 11 is 7.56. The van der Waals surface area contributed by atoms with E-state index in [1.807, 2.05) is 80.6 Å². The third-order valence-corrected chi connectivity index (χ3v) is 8.28. The third-order valence-electron chi connectivity index (χ3n) is 6.93. The molecule has 228 valence electrons. The smallest absolute Gasteiger partial charge is 0.338 e. The number of thiazole rings is 1. The van der Waals surface area contributed by atoms with Gasteiger partial charge < -0.3 is 18.9 Å². The van der Waals surface area contributed by atoms with Gasteiger partial charge in [0.05, 0.1) is 41.7 Å². The van der Waals surface area contributed by atoms with Crippen molar-refractivity contribution < 1.29 is 23.7 Å². The number of allylic oxidation sites excluding steroid dienone is 1. The van der Waals surface area contributed by atoms with E-state index in [0.717, 1.165) is 16.7 Å². The normalized spacial score (nSPS) is 14.6. The van der Waals surface area contributed by atoms with E-state index in [9.17, 15) is 9.59 Å². The summed E-state index contributed by atoms with van der Waals surface area (Å²) < 4.78 is 24.9. The molecule has 1 atom stereocenters. The minimum atomic E-state index is -0.706. The molecule has 0 radical (unpaired) electrons. The van der Waals surface area contributed by atoms with Gasteiger partial charge in [-0.3, -0.25) is 9.36 Å². The van der Waals surface area contributed by atoms with Gasteiger partial charge in [0, 0.05) is 10.6 Å². The van der Waals surface area contributed by atoms with Crippen molar-refractivity contribution in [3.8, 4) is 17.2 Å². The molecule has 0 saturated heterocycles. The minimum Gasteiger partial charge on any atom is -0.494 e. The molecule has 0 spiro atoms. The quantitative estimate of drug-likeness (QED) is 0.193. The summed E-state index contributed by atoms with van der Waals surface area (Å²) in [5, 5.41) is 0.627. The molecule has 1 aliphatic heterocycles. The zero-order valence-corrected chi connectivity index (χ0v) is 26.5. The first-order chi connectivity index (χ1) is 21.3. The summed E-state index contributed by atoms with van der Waals surface area (Å²) in [4.78, 5) is 32.3.